The zero-order valence-electron chi connectivity index (χ0n) is 14.2. The van der Waals surface area contributed by atoms with Gasteiger partial charge in [-0.1, -0.05) is 27.7 Å². The van der Waals surface area contributed by atoms with Crippen LogP contribution in [0.1, 0.15) is 27.7 Å². The van der Waals surface area contributed by atoms with Crippen LogP contribution in [0.2, 0.25) is 0 Å². The monoisotopic (exact) mass is 299 g/mol. The van der Waals surface area contributed by atoms with Crippen molar-refractivity contribution in [1.82, 2.24) is 15.1 Å². The molecule has 0 amide bonds. The van der Waals surface area contributed by atoms with Crippen molar-refractivity contribution in [2.45, 2.75) is 33.7 Å². The molecule has 1 rings (SSSR count). The molecule has 0 aromatic heterocycles. The number of hydrogen-bond acceptors (Lipinski definition) is 5. The van der Waals surface area contributed by atoms with E-state index < -0.39 is 0 Å². The third-order valence-electron chi connectivity index (χ3n) is 3.84. The van der Waals surface area contributed by atoms with E-state index in [9.17, 15) is 4.79 Å². The van der Waals surface area contributed by atoms with Gasteiger partial charge in [0.15, 0.2) is 0 Å². The predicted molar refractivity (Wildman–Crippen MR) is 86.7 cm³/mol. The van der Waals surface area contributed by atoms with E-state index in [1.165, 1.54) is 0 Å². The Bertz CT molecular complexity index is 287. The van der Waals surface area contributed by atoms with Gasteiger partial charge < -0.3 is 10.1 Å². The minimum atomic E-state index is 0.149. The summed E-state index contributed by atoms with van der Waals surface area (Å²) in [4.78, 5) is 16.4. The molecule has 1 aliphatic heterocycles. The Balaban J connectivity index is 2.02. The Morgan fingerprint density at radius 1 is 1.05 bits per heavy atom. The van der Waals surface area contributed by atoms with E-state index in [4.69, 9.17) is 4.74 Å². The summed E-state index contributed by atoms with van der Waals surface area (Å²) in [7, 11) is 0. The highest BCUT2D eigenvalue weighted by atomic mass is 16.5. The lowest BCUT2D eigenvalue weighted by atomic mass is 10.1. The highest BCUT2D eigenvalue weighted by molar-refractivity contribution is 5.82. The highest BCUT2D eigenvalue weighted by Crippen LogP contribution is 2.04. The SMILES string of the molecule is CC(C)NCCOCCN1CCN(CC(=O)C(C)C)CC1. The quantitative estimate of drug-likeness (QED) is 0.606. The molecular formula is C16H33N3O2. The second kappa shape index (κ2) is 10.3. The second-order valence-corrected chi connectivity index (χ2v) is 6.46. The molecule has 0 bridgehead atoms. The maximum Gasteiger partial charge on any atom is 0.149 e. The van der Waals surface area contributed by atoms with Crippen LogP contribution in [0.3, 0.4) is 0 Å². The van der Waals surface area contributed by atoms with Crippen LogP contribution in [0, 0.1) is 5.92 Å². The van der Waals surface area contributed by atoms with Crippen molar-refractivity contribution in [1.29, 1.82) is 0 Å². The van der Waals surface area contributed by atoms with Gasteiger partial charge in [-0.2, -0.15) is 0 Å². The van der Waals surface area contributed by atoms with E-state index in [-0.39, 0.29) is 5.92 Å². The Hall–Kier alpha value is -0.490. The molecular weight excluding hydrogens is 266 g/mol. The van der Waals surface area contributed by atoms with Crippen LogP contribution in [0.4, 0.5) is 0 Å². The Morgan fingerprint density at radius 3 is 2.24 bits per heavy atom. The normalized spacial score (nSPS) is 17.8. The molecule has 124 valence electrons. The molecule has 21 heavy (non-hydrogen) atoms. The molecule has 1 N–H and O–H groups in total. The summed E-state index contributed by atoms with van der Waals surface area (Å²) >= 11 is 0. The molecule has 0 unspecified atom stereocenters. The Labute approximate surface area is 130 Å². The molecule has 0 aliphatic carbocycles. The number of nitrogens with one attached hydrogen (secondary N) is 1. The number of ketones is 1. The minimum absolute atomic E-state index is 0.149. The van der Waals surface area contributed by atoms with Gasteiger partial charge in [-0.25, -0.2) is 0 Å². The van der Waals surface area contributed by atoms with Gasteiger partial charge in [0.25, 0.3) is 0 Å². The molecule has 0 aromatic rings. The third kappa shape index (κ3) is 8.51. The average molecular weight is 299 g/mol. The molecule has 0 radical (unpaired) electrons. The first-order valence-electron chi connectivity index (χ1n) is 8.27. The summed E-state index contributed by atoms with van der Waals surface area (Å²) in [5.74, 6) is 0.500. The van der Waals surface area contributed by atoms with Gasteiger partial charge in [-0.15, -0.1) is 0 Å². The van der Waals surface area contributed by atoms with E-state index in [2.05, 4.69) is 29.0 Å². The largest absolute Gasteiger partial charge is 0.379 e. The topological polar surface area (TPSA) is 44.8 Å². The number of carbonyl (C=O) groups is 1. The highest BCUT2D eigenvalue weighted by Gasteiger charge is 2.19. The zero-order valence-corrected chi connectivity index (χ0v) is 14.2. The first-order valence-corrected chi connectivity index (χ1v) is 8.27. The van der Waals surface area contributed by atoms with E-state index in [1.54, 1.807) is 0 Å². The summed E-state index contributed by atoms with van der Waals surface area (Å²) < 4.78 is 5.64. The molecule has 0 saturated carbocycles. The Kier molecular flexibility index (Phi) is 9.08. The molecule has 5 nitrogen and oxygen atoms in total. The van der Waals surface area contributed by atoms with Crippen LogP contribution in [-0.4, -0.2) is 80.7 Å². The molecule has 1 heterocycles. The van der Waals surface area contributed by atoms with E-state index in [0.29, 0.717) is 18.4 Å². The van der Waals surface area contributed by atoms with Gasteiger partial charge in [0, 0.05) is 51.2 Å². The summed E-state index contributed by atoms with van der Waals surface area (Å²) in [6, 6.07) is 0.523. The smallest absolute Gasteiger partial charge is 0.149 e. The van der Waals surface area contributed by atoms with E-state index >= 15 is 0 Å². The van der Waals surface area contributed by atoms with Crippen molar-refractivity contribution in [3.8, 4) is 0 Å². The summed E-state index contributed by atoms with van der Waals surface area (Å²) in [5, 5.41) is 3.34. The fourth-order valence-corrected chi connectivity index (χ4v) is 2.29. The van der Waals surface area contributed by atoms with Crippen LogP contribution in [0.5, 0.6) is 0 Å². The summed E-state index contributed by atoms with van der Waals surface area (Å²) in [5.41, 5.74) is 0. The van der Waals surface area contributed by atoms with Gasteiger partial charge in [0.2, 0.25) is 0 Å². The standard InChI is InChI=1S/C16H33N3O2/c1-14(2)16(20)13-19-8-6-18(7-9-19)10-12-21-11-5-17-15(3)4/h14-15,17H,5-13H2,1-4H3. The lowest BCUT2D eigenvalue weighted by Gasteiger charge is -2.34. The maximum atomic E-state index is 11.7. The third-order valence-corrected chi connectivity index (χ3v) is 3.84. The maximum absolute atomic E-state index is 11.7. The van der Waals surface area contributed by atoms with Crippen LogP contribution in [0.25, 0.3) is 0 Å². The number of nitrogens with zero attached hydrogens (tertiary/aromatic N) is 2. The average Bonchev–Trinajstić information content (AvgIpc) is 2.44. The fourth-order valence-electron chi connectivity index (χ4n) is 2.29. The molecule has 0 spiro atoms. The van der Waals surface area contributed by atoms with Crippen molar-refractivity contribution in [2.24, 2.45) is 5.92 Å². The van der Waals surface area contributed by atoms with Gasteiger partial charge in [-0.3, -0.25) is 14.6 Å². The molecule has 0 atom stereocenters. The van der Waals surface area contributed by atoms with Gasteiger partial charge in [0.05, 0.1) is 19.8 Å². The number of hydrogen-bond donors (Lipinski definition) is 1. The Morgan fingerprint density at radius 2 is 1.67 bits per heavy atom. The predicted octanol–water partition coefficient (Wildman–Crippen LogP) is 0.844. The number of ether oxygens (including phenoxy) is 1. The van der Waals surface area contributed by atoms with Crippen LogP contribution in [0.15, 0.2) is 0 Å². The number of Topliss-reactive ketones (excluding diaryl/α,β-unsaturated/α-hetero) is 1. The molecule has 5 heteroatoms. The van der Waals surface area contributed by atoms with Gasteiger partial charge >= 0.3 is 0 Å². The number of piperazine rings is 1. The van der Waals surface area contributed by atoms with Crippen LogP contribution in [-0.2, 0) is 9.53 Å². The van der Waals surface area contributed by atoms with Gasteiger partial charge in [0.1, 0.15) is 5.78 Å². The first kappa shape index (κ1) is 18.6. The molecule has 1 saturated heterocycles. The molecule has 1 aliphatic rings. The number of rotatable bonds is 10. The zero-order chi connectivity index (χ0) is 15.7. The first-order chi connectivity index (χ1) is 9.99. The summed E-state index contributed by atoms with van der Waals surface area (Å²) in [6.07, 6.45) is 0. The van der Waals surface area contributed by atoms with E-state index in [0.717, 1.165) is 52.5 Å². The second-order valence-electron chi connectivity index (χ2n) is 6.46. The minimum Gasteiger partial charge on any atom is -0.379 e. The van der Waals surface area contributed by atoms with E-state index in [1.807, 2.05) is 13.8 Å². The molecule has 0 aromatic carbocycles. The lowest BCUT2D eigenvalue weighted by Crippen LogP contribution is -2.49. The molecule has 1 fully saturated rings. The van der Waals surface area contributed by atoms with Crippen LogP contribution < -0.4 is 5.32 Å². The van der Waals surface area contributed by atoms with Crippen molar-refractivity contribution < 1.29 is 9.53 Å². The van der Waals surface area contributed by atoms with Crippen LogP contribution >= 0.6 is 0 Å². The fraction of sp³-hybridized carbons (Fsp3) is 0.938. The van der Waals surface area contributed by atoms with Crippen molar-refractivity contribution in [3.63, 3.8) is 0 Å². The van der Waals surface area contributed by atoms with Gasteiger partial charge in [-0.05, 0) is 0 Å². The van der Waals surface area contributed by atoms with Crippen molar-refractivity contribution >= 4 is 5.78 Å². The lowest BCUT2D eigenvalue weighted by molar-refractivity contribution is -0.123. The van der Waals surface area contributed by atoms with Crippen molar-refractivity contribution in [2.75, 3.05) is 59.0 Å². The van der Waals surface area contributed by atoms with Crippen molar-refractivity contribution in [3.05, 3.63) is 0 Å². The number of carbonyl (C=O) groups excluding carboxylic acids is 1. The summed E-state index contributed by atoms with van der Waals surface area (Å²) in [6.45, 7) is 16.4.